The van der Waals surface area contributed by atoms with Gasteiger partial charge in [-0.15, -0.1) is 0 Å². The Hall–Kier alpha value is -1.15. The van der Waals surface area contributed by atoms with Gasteiger partial charge >= 0.3 is 0 Å². The second kappa shape index (κ2) is 3.30. The highest BCUT2D eigenvalue weighted by Gasteiger charge is 2.14. The molecule has 0 saturated heterocycles. The SMILES string of the molecule is CN1CCc2c(C=O)cccc2C1. The van der Waals surface area contributed by atoms with Crippen LogP contribution in [0.3, 0.4) is 0 Å². The second-order valence-corrected chi connectivity index (χ2v) is 3.59. The Bertz CT molecular complexity index is 333. The summed E-state index contributed by atoms with van der Waals surface area (Å²) in [6.07, 6.45) is 1.96. The van der Waals surface area contributed by atoms with Crippen LogP contribution in [0, 0.1) is 0 Å². The van der Waals surface area contributed by atoms with Gasteiger partial charge in [-0.2, -0.15) is 0 Å². The molecule has 0 fully saturated rings. The van der Waals surface area contributed by atoms with Crippen LogP contribution < -0.4 is 0 Å². The van der Waals surface area contributed by atoms with Gasteiger partial charge in [-0.3, -0.25) is 4.79 Å². The van der Waals surface area contributed by atoms with Crippen LogP contribution in [-0.2, 0) is 13.0 Å². The molecular formula is C11H13NO. The molecule has 0 N–H and O–H groups in total. The molecule has 13 heavy (non-hydrogen) atoms. The van der Waals surface area contributed by atoms with Crippen LogP contribution in [0.4, 0.5) is 0 Å². The van der Waals surface area contributed by atoms with E-state index in [9.17, 15) is 4.79 Å². The highest BCUT2D eigenvalue weighted by molar-refractivity contribution is 5.78. The van der Waals surface area contributed by atoms with Crippen molar-refractivity contribution in [2.75, 3.05) is 13.6 Å². The third-order valence-corrected chi connectivity index (χ3v) is 2.62. The van der Waals surface area contributed by atoms with Crippen LogP contribution in [0.15, 0.2) is 18.2 Å². The number of fused-ring (bicyclic) bond motifs is 1. The first kappa shape index (κ1) is 8.45. The molecule has 0 amide bonds. The highest BCUT2D eigenvalue weighted by Crippen LogP contribution is 2.20. The molecule has 2 nitrogen and oxygen atoms in total. The zero-order valence-corrected chi connectivity index (χ0v) is 7.79. The van der Waals surface area contributed by atoms with E-state index in [1.807, 2.05) is 12.1 Å². The summed E-state index contributed by atoms with van der Waals surface area (Å²) in [4.78, 5) is 13.0. The maximum atomic E-state index is 10.7. The average Bonchev–Trinajstić information content (AvgIpc) is 2.16. The van der Waals surface area contributed by atoms with Crippen LogP contribution in [0.2, 0.25) is 0 Å². The van der Waals surface area contributed by atoms with E-state index in [0.29, 0.717) is 0 Å². The highest BCUT2D eigenvalue weighted by atomic mass is 16.1. The summed E-state index contributed by atoms with van der Waals surface area (Å²) in [7, 11) is 2.11. The van der Waals surface area contributed by atoms with E-state index in [-0.39, 0.29) is 0 Å². The Kier molecular flexibility index (Phi) is 2.15. The van der Waals surface area contributed by atoms with Gasteiger partial charge in [0.2, 0.25) is 0 Å². The number of rotatable bonds is 1. The summed E-state index contributed by atoms with van der Waals surface area (Å²) >= 11 is 0. The molecule has 0 radical (unpaired) electrons. The minimum atomic E-state index is 0.866. The van der Waals surface area contributed by atoms with Crippen molar-refractivity contribution in [1.29, 1.82) is 0 Å². The number of likely N-dealkylation sites (N-methyl/N-ethyl adjacent to an activating group) is 1. The van der Waals surface area contributed by atoms with Crippen LogP contribution in [0.1, 0.15) is 21.5 Å². The molecule has 0 unspecified atom stereocenters. The van der Waals surface area contributed by atoms with E-state index in [2.05, 4.69) is 18.0 Å². The van der Waals surface area contributed by atoms with Crippen molar-refractivity contribution in [2.24, 2.45) is 0 Å². The van der Waals surface area contributed by atoms with Crippen molar-refractivity contribution in [3.8, 4) is 0 Å². The molecule has 1 aliphatic rings. The molecule has 0 spiro atoms. The minimum absolute atomic E-state index is 0.866. The normalized spacial score (nSPS) is 16.7. The minimum Gasteiger partial charge on any atom is -0.302 e. The summed E-state index contributed by atoms with van der Waals surface area (Å²) in [5.74, 6) is 0. The Morgan fingerprint density at radius 2 is 2.31 bits per heavy atom. The molecule has 2 rings (SSSR count). The molecule has 0 saturated carbocycles. The van der Waals surface area contributed by atoms with Crippen molar-refractivity contribution in [2.45, 2.75) is 13.0 Å². The molecule has 1 aromatic rings. The van der Waals surface area contributed by atoms with Gasteiger partial charge in [0.15, 0.2) is 0 Å². The smallest absolute Gasteiger partial charge is 0.150 e. The maximum Gasteiger partial charge on any atom is 0.150 e. The first-order chi connectivity index (χ1) is 6.31. The number of hydrogen-bond donors (Lipinski definition) is 0. The van der Waals surface area contributed by atoms with E-state index < -0.39 is 0 Å². The molecule has 2 heteroatoms. The molecule has 1 aromatic carbocycles. The standard InChI is InChI=1S/C11H13NO/c1-12-6-5-11-9(7-12)3-2-4-10(11)8-13/h2-4,8H,5-7H2,1H3. The largest absolute Gasteiger partial charge is 0.302 e. The fraction of sp³-hybridized carbons (Fsp3) is 0.364. The van der Waals surface area contributed by atoms with Crippen LogP contribution in [0.25, 0.3) is 0 Å². The molecule has 1 aliphatic heterocycles. The molecule has 1 heterocycles. The third kappa shape index (κ3) is 1.49. The van der Waals surface area contributed by atoms with Crippen molar-refractivity contribution < 1.29 is 4.79 Å². The van der Waals surface area contributed by atoms with E-state index in [4.69, 9.17) is 0 Å². The molecular weight excluding hydrogens is 162 g/mol. The average molecular weight is 175 g/mol. The zero-order chi connectivity index (χ0) is 9.26. The Balaban J connectivity index is 2.45. The Morgan fingerprint density at radius 3 is 3.08 bits per heavy atom. The summed E-state index contributed by atoms with van der Waals surface area (Å²) in [6.45, 7) is 2.02. The monoisotopic (exact) mass is 175 g/mol. The van der Waals surface area contributed by atoms with Crippen LogP contribution >= 0.6 is 0 Å². The quantitative estimate of drug-likeness (QED) is 0.603. The molecule has 0 bridgehead atoms. The van der Waals surface area contributed by atoms with Gasteiger partial charge in [0.1, 0.15) is 6.29 Å². The van der Waals surface area contributed by atoms with E-state index in [0.717, 1.165) is 31.4 Å². The van der Waals surface area contributed by atoms with Gasteiger partial charge < -0.3 is 4.90 Å². The van der Waals surface area contributed by atoms with Crippen molar-refractivity contribution in [3.63, 3.8) is 0 Å². The van der Waals surface area contributed by atoms with Gasteiger partial charge in [0, 0.05) is 18.7 Å². The fourth-order valence-corrected chi connectivity index (χ4v) is 1.89. The van der Waals surface area contributed by atoms with Crippen molar-refractivity contribution in [3.05, 3.63) is 34.9 Å². The molecule has 0 aromatic heterocycles. The van der Waals surface area contributed by atoms with E-state index in [1.54, 1.807) is 0 Å². The lowest BCUT2D eigenvalue weighted by molar-refractivity contribution is 0.112. The zero-order valence-electron chi connectivity index (χ0n) is 7.79. The van der Waals surface area contributed by atoms with Crippen LogP contribution in [-0.4, -0.2) is 24.8 Å². The lowest BCUT2D eigenvalue weighted by Crippen LogP contribution is -2.27. The first-order valence-corrected chi connectivity index (χ1v) is 4.56. The number of carbonyl (C=O) groups is 1. The Labute approximate surface area is 78.2 Å². The first-order valence-electron chi connectivity index (χ1n) is 4.56. The lowest BCUT2D eigenvalue weighted by Gasteiger charge is -2.25. The summed E-state index contributed by atoms with van der Waals surface area (Å²) in [5.41, 5.74) is 3.42. The van der Waals surface area contributed by atoms with Crippen LogP contribution in [0.5, 0.6) is 0 Å². The number of aldehydes is 1. The summed E-state index contributed by atoms with van der Waals surface area (Å²) < 4.78 is 0. The van der Waals surface area contributed by atoms with Gasteiger partial charge in [-0.05, 0) is 24.6 Å². The molecule has 68 valence electrons. The summed E-state index contributed by atoms with van der Waals surface area (Å²) in [6, 6.07) is 5.97. The predicted octanol–water partition coefficient (Wildman–Crippen LogP) is 1.49. The molecule has 0 atom stereocenters. The number of nitrogens with zero attached hydrogens (tertiary/aromatic N) is 1. The summed E-state index contributed by atoms with van der Waals surface area (Å²) in [5, 5.41) is 0. The maximum absolute atomic E-state index is 10.7. The fourth-order valence-electron chi connectivity index (χ4n) is 1.89. The van der Waals surface area contributed by atoms with Gasteiger partial charge in [0.05, 0.1) is 0 Å². The van der Waals surface area contributed by atoms with Gasteiger partial charge in [0.25, 0.3) is 0 Å². The number of hydrogen-bond acceptors (Lipinski definition) is 2. The Morgan fingerprint density at radius 1 is 1.46 bits per heavy atom. The predicted molar refractivity (Wildman–Crippen MR) is 51.9 cm³/mol. The molecule has 0 aliphatic carbocycles. The van der Waals surface area contributed by atoms with Crippen molar-refractivity contribution >= 4 is 6.29 Å². The number of benzene rings is 1. The second-order valence-electron chi connectivity index (χ2n) is 3.59. The van der Waals surface area contributed by atoms with E-state index >= 15 is 0 Å². The number of carbonyl (C=O) groups excluding carboxylic acids is 1. The van der Waals surface area contributed by atoms with Gasteiger partial charge in [-0.1, -0.05) is 18.2 Å². The van der Waals surface area contributed by atoms with Gasteiger partial charge in [-0.25, -0.2) is 0 Å². The van der Waals surface area contributed by atoms with Crippen molar-refractivity contribution in [1.82, 2.24) is 4.90 Å². The lowest BCUT2D eigenvalue weighted by atomic mass is 9.95. The third-order valence-electron chi connectivity index (χ3n) is 2.62. The van der Waals surface area contributed by atoms with E-state index in [1.165, 1.54) is 11.1 Å². The topological polar surface area (TPSA) is 20.3 Å².